The molecule has 0 fully saturated rings. The van der Waals surface area contributed by atoms with Gasteiger partial charge in [-0.25, -0.2) is 0 Å². The number of aryl methyl sites for hydroxylation is 1. The summed E-state index contributed by atoms with van der Waals surface area (Å²) < 4.78 is 0. The van der Waals surface area contributed by atoms with Gasteiger partial charge in [-0.3, -0.25) is 4.79 Å². The number of hydrogen-bond donors (Lipinski definition) is 1. The molecule has 15 heavy (non-hydrogen) atoms. The molecule has 0 amide bonds. The van der Waals surface area contributed by atoms with Gasteiger partial charge in [0.15, 0.2) is 5.78 Å². The maximum Gasteiger partial charge on any atom is 0.157 e. The van der Waals surface area contributed by atoms with Gasteiger partial charge in [-0.15, -0.1) is 11.3 Å². The standard InChI is InChI=1S/C12H19NOS/c1-5-9-6-7-10(15-9)8-11(14)12(2,3)13-4/h6-7,13H,5,8H2,1-4H3. The van der Waals surface area contributed by atoms with Crippen molar-refractivity contribution in [2.24, 2.45) is 0 Å². The van der Waals surface area contributed by atoms with Crippen LogP contribution in [-0.4, -0.2) is 18.4 Å². The van der Waals surface area contributed by atoms with E-state index in [0.717, 1.165) is 6.42 Å². The molecule has 0 radical (unpaired) electrons. The first-order chi connectivity index (χ1) is 6.99. The van der Waals surface area contributed by atoms with E-state index in [0.29, 0.717) is 6.42 Å². The summed E-state index contributed by atoms with van der Waals surface area (Å²) in [6.07, 6.45) is 1.59. The molecule has 84 valence electrons. The summed E-state index contributed by atoms with van der Waals surface area (Å²) in [6.45, 7) is 5.97. The van der Waals surface area contributed by atoms with Crippen molar-refractivity contribution in [1.29, 1.82) is 0 Å². The third kappa shape index (κ3) is 3.14. The van der Waals surface area contributed by atoms with Gasteiger partial charge in [0, 0.05) is 16.2 Å². The predicted octanol–water partition coefficient (Wildman–Crippen LogP) is 2.42. The van der Waals surface area contributed by atoms with Gasteiger partial charge in [-0.1, -0.05) is 6.92 Å². The van der Waals surface area contributed by atoms with Crippen molar-refractivity contribution in [3.8, 4) is 0 Å². The van der Waals surface area contributed by atoms with Crippen LogP contribution in [0.1, 0.15) is 30.5 Å². The van der Waals surface area contributed by atoms with Crippen LogP contribution >= 0.6 is 11.3 Å². The van der Waals surface area contributed by atoms with E-state index in [1.807, 2.05) is 20.9 Å². The summed E-state index contributed by atoms with van der Waals surface area (Å²) in [5, 5.41) is 3.04. The van der Waals surface area contributed by atoms with Gasteiger partial charge in [0.25, 0.3) is 0 Å². The van der Waals surface area contributed by atoms with E-state index in [1.54, 1.807) is 11.3 Å². The van der Waals surface area contributed by atoms with Crippen LogP contribution < -0.4 is 5.32 Å². The second-order valence-electron chi connectivity index (χ2n) is 4.20. The van der Waals surface area contributed by atoms with E-state index in [1.165, 1.54) is 9.75 Å². The molecule has 3 heteroatoms. The molecule has 0 aromatic carbocycles. The highest BCUT2D eigenvalue weighted by Gasteiger charge is 2.25. The lowest BCUT2D eigenvalue weighted by atomic mass is 9.96. The molecule has 0 atom stereocenters. The second kappa shape index (κ2) is 4.90. The molecule has 1 N–H and O–H groups in total. The largest absolute Gasteiger partial charge is 0.308 e. The Bertz CT molecular complexity index is 341. The van der Waals surface area contributed by atoms with Crippen LogP contribution in [0.25, 0.3) is 0 Å². The molecule has 0 saturated heterocycles. The molecule has 0 spiro atoms. The molecule has 0 aliphatic heterocycles. The van der Waals surface area contributed by atoms with E-state index >= 15 is 0 Å². The SMILES string of the molecule is CCc1ccc(CC(=O)C(C)(C)NC)s1. The monoisotopic (exact) mass is 225 g/mol. The van der Waals surface area contributed by atoms with E-state index < -0.39 is 5.54 Å². The third-order valence-electron chi connectivity index (χ3n) is 2.72. The molecule has 1 rings (SSSR count). The van der Waals surface area contributed by atoms with E-state index in [-0.39, 0.29) is 5.78 Å². The van der Waals surface area contributed by atoms with Crippen LogP contribution in [-0.2, 0) is 17.6 Å². The van der Waals surface area contributed by atoms with Crippen molar-refractivity contribution < 1.29 is 4.79 Å². The van der Waals surface area contributed by atoms with Gasteiger partial charge in [0.05, 0.1) is 5.54 Å². The number of carbonyl (C=O) groups excluding carboxylic acids is 1. The molecule has 1 aromatic heterocycles. The van der Waals surface area contributed by atoms with Crippen molar-refractivity contribution in [3.05, 3.63) is 21.9 Å². The van der Waals surface area contributed by atoms with E-state index in [9.17, 15) is 4.79 Å². The molecular formula is C12H19NOS. The van der Waals surface area contributed by atoms with Crippen LogP contribution in [0.15, 0.2) is 12.1 Å². The summed E-state index contributed by atoms with van der Waals surface area (Å²) in [4.78, 5) is 14.4. The number of rotatable bonds is 5. The van der Waals surface area contributed by atoms with Crippen molar-refractivity contribution in [1.82, 2.24) is 5.32 Å². The molecule has 0 aliphatic rings. The van der Waals surface area contributed by atoms with Gasteiger partial charge in [0.2, 0.25) is 0 Å². The molecule has 0 aliphatic carbocycles. The summed E-state index contributed by atoms with van der Waals surface area (Å²) in [6, 6.07) is 4.17. The van der Waals surface area contributed by atoms with E-state index in [4.69, 9.17) is 0 Å². The molecule has 1 heterocycles. The first kappa shape index (κ1) is 12.4. The predicted molar refractivity (Wildman–Crippen MR) is 65.5 cm³/mol. The van der Waals surface area contributed by atoms with Gasteiger partial charge < -0.3 is 5.32 Å². The Balaban J connectivity index is 2.66. The van der Waals surface area contributed by atoms with Crippen LogP contribution in [0.3, 0.4) is 0 Å². The lowest BCUT2D eigenvalue weighted by molar-refractivity contribution is -0.123. The number of hydrogen-bond acceptors (Lipinski definition) is 3. The minimum absolute atomic E-state index is 0.245. The molecule has 0 saturated carbocycles. The fourth-order valence-corrected chi connectivity index (χ4v) is 2.18. The number of thiophene rings is 1. The Morgan fingerprint density at radius 1 is 1.40 bits per heavy atom. The number of likely N-dealkylation sites (N-methyl/N-ethyl adjacent to an activating group) is 1. The van der Waals surface area contributed by atoms with Crippen LogP contribution in [0.5, 0.6) is 0 Å². The highest BCUT2D eigenvalue weighted by molar-refractivity contribution is 7.12. The van der Waals surface area contributed by atoms with Gasteiger partial charge in [0.1, 0.15) is 0 Å². The molecule has 1 aromatic rings. The fraction of sp³-hybridized carbons (Fsp3) is 0.583. The lowest BCUT2D eigenvalue weighted by Gasteiger charge is -2.21. The van der Waals surface area contributed by atoms with Crippen LogP contribution in [0, 0.1) is 0 Å². The molecule has 0 unspecified atom stereocenters. The average molecular weight is 225 g/mol. The maximum atomic E-state index is 11.9. The topological polar surface area (TPSA) is 29.1 Å². The first-order valence-electron chi connectivity index (χ1n) is 5.29. The molecule has 0 bridgehead atoms. The first-order valence-corrected chi connectivity index (χ1v) is 6.11. The minimum atomic E-state index is -0.420. The summed E-state index contributed by atoms with van der Waals surface area (Å²) in [5.41, 5.74) is -0.420. The summed E-state index contributed by atoms with van der Waals surface area (Å²) >= 11 is 1.74. The average Bonchev–Trinajstić information content (AvgIpc) is 2.65. The summed E-state index contributed by atoms with van der Waals surface area (Å²) in [7, 11) is 1.82. The third-order valence-corrected chi connectivity index (χ3v) is 3.95. The Labute approximate surface area is 95.7 Å². The molecule has 2 nitrogen and oxygen atoms in total. The zero-order chi connectivity index (χ0) is 11.5. The highest BCUT2D eigenvalue weighted by Crippen LogP contribution is 2.19. The number of ketones is 1. The van der Waals surface area contributed by atoms with Gasteiger partial charge >= 0.3 is 0 Å². The number of nitrogens with one attached hydrogen (secondary N) is 1. The number of Topliss-reactive ketones (excluding diaryl/α,β-unsaturated/α-hetero) is 1. The zero-order valence-corrected chi connectivity index (χ0v) is 10.7. The van der Waals surface area contributed by atoms with Crippen LogP contribution in [0.4, 0.5) is 0 Å². The lowest BCUT2D eigenvalue weighted by Crippen LogP contribution is -2.45. The Morgan fingerprint density at radius 2 is 2.00 bits per heavy atom. The Kier molecular flexibility index (Phi) is 4.05. The molecular weight excluding hydrogens is 206 g/mol. The van der Waals surface area contributed by atoms with Crippen molar-refractivity contribution in [3.63, 3.8) is 0 Å². The second-order valence-corrected chi connectivity index (χ2v) is 5.45. The normalized spacial score (nSPS) is 11.7. The minimum Gasteiger partial charge on any atom is -0.308 e. The van der Waals surface area contributed by atoms with Crippen molar-refractivity contribution in [2.45, 2.75) is 39.2 Å². The van der Waals surface area contributed by atoms with Crippen molar-refractivity contribution in [2.75, 3.05) is 7.05 Å². The quantitative estimate of drug-likeness (QED) is 0.834. The Morgan fingerprint density at radius 3 is 2.47 bits per heavy atom. The summed E-state index contributed by atoms with van der Waals surface area (Å²) in [5.74, 6) is 0.245. The highest BCUT2D eigenvalue weighted by atomic mass is 32.1. The maximum absolute atomic E-state index is 11.9. The van der Waals surface area contributed by atoms with Crippen molar-refractivity contribution >= 4 is 17.1 Å². The van der Waals surface area contributed by atoms with Crippen LogP contribution in [0.2, 0.25) is 0 Å². The van der Waals surface area contributed by atoms with Gasteiger partial charge in [-0.05, 0) is 39.4 Å². The fourth-order valence-electron chi connectivity index (χ4n) is 1.23. The smallest absolute Gasteiger partial charge is 0.157 e. The zero-order valence-electron chi connectivity index (χ0n) is 9.89. The van der Waals surface area contributed by atoms with E-state index in [2.05, 4.69) is 24.4 Å². The van der Waals surface area contributed by atoms with Gasteiger partial charge in [-0.2, -0.15) is 0 Å². The Hall–Kier alpha value is -0.670. The number of carbonyl (C=O) groups is 1.